The van der Waals surface area contributed by atoms with Crippen molar-refractivity contribution in [2.24, 2.45) is 0 Å². The summed E-state index contributed by atoms with van der Waals surface area (Å²) >= 11 is 0. The molecule has 0 bridgehead atoms. The van der Waals surface area contributed by atoms with E-state index in [2.05, 4.69) is 31.3 Å². The van der Waals surface area contributed by atoms with Crippen LogP contribution in [0.25, 0.3) is 0 Å². The number of allylic oxidation sites excluding steroid dienone is 2. The van der Waals surface area contributed by atoms with Gasteiger partial charge in [-0.15, -0.1) is 0 Å². The van der Waals surface area contributed by atoms with Crippen LogP contribution in [-0.4, -0.2) is 110 Å². The number of nitrogens with one attached hydrogen (secondary N) is 1. The highest BCUT2D eigenvalue weighted by atomic mass is 16.7. The van der Waals surface area contributed by atoms with Crippen LogP contribution >= 0.6 is 0 Å². The van der Waals surface area contributed by atoms with Crippen LogP contribution in [0.1, 0.15) is 309 Å². The number of aliphatic hydroxyl groups excluding tert-OH is 7. The molecule has 0 aromatic carbocycles. The van der Waals surface area contributed by atoms with Gasteiger partial charge in [-0.25, -0.2) is 0 Å². The van der Waals surface area contributed by atoms with Crippen LogP contribution < -0.4 is 5.32 Å². The summed E-state index contributed by atoms with van der Waals surface area (Å²) < 4.78 is 11.2. The number of unbranched alkanes of at least 4 members (excludes halogenated alkanes) is 41. The van der Waals surface area contributed by atoms with Gasteiger partial charge in [0.15, 0.2) is 6.29 Å². The Morgan fingerprint density at radius 3 is 1.18 bits per heavy atom. The molecule has 434 valence electrons. The highest BCUT2D eigenvalue weighted by Gasteiger charge is 2.44. The van der Waals surface area contributed by atoms with Crippen molar-refractivity contribution < 1.29 is 50.0 Å². The third kappa shape index (κ3) is 39.8. The molecule has 1 rings (SSSR count). The molecule has 1 aliphatic heterocycles. The summed E-state index contributed by atoms with van der Waals surface area (Å²) in [6.07, 6.45) is 50.0. The first-order valence-electron chi connectivity index (χ1n) is 31.6. The quantitative estimate of drug-likeness (QED) is 0.0215. The molecule has 0 spiro atoms. The molecule has 0 aromatic rings. The highest BCUT2D eigenvalue weighted by Crippen LogP contribution is 2.24. The number of carbonyl (C=O) groups is 1. The second-order valence-corrected chi connectivity index (χ2v) is 22.5. The Kier molecular flexibility index (Phi) is 49.4. The van der Waals surface area contributed by atoms with Crippen LogP contribution in [0.5, 0.6) is 0 Å². The van der Waals surface area contributed by atoms with Crippen molar-refractivity contribution in [2.45, 2.75) is 364 Å². The van der Waals surface area contributed by atoms with Crippen molar-refractivity contribution in [3.05, 3.63) is 12.2 Å². The molecule has 1 amide bonds. The minimum Gasteiger partial charge on any atom is -0.394 e. The van der Waals surface area contributed by atoms with Crippen LogP contribution in [-0.2, 0) is 14.3 Å². The molecule has 1 saturated heterocycles. The van der Waals surface area contributed by atoms with Gasteiger partial charge < -0.3 is 50.5 Å². The Labute approximate surface area is 449 Å². The van der Waals surface area contributed by atoms with E-state index in [4.69, 9.17) is 9.47 Å². The third-order valence-electron chi connectivity index (χ3n) is 15.6. The first kappa shape index (κ1) is 69.9. The first-order valence-corrected chi connectivity index (χ1v) is 31.6. The average molecular weight is 1040 g/mol. The van der Waals surface area contributed by atoms with Gasteiger partial charge in [0.05, 0.1) is 25.4 Å². The number of ether oxygens (including phenoxy) is 2. The fraction of sp³-hybridized carbons (Fsp3) is 0.952. The fourth-order valence-electron chi connectivity index (χ4n) is 10.4. The van der Waals surface area contributed by atoms with Crippen molar-refractivity contribution in [3.8, 4) is 0 Å². The van der Waals surface area contributed by atoms with E-state index in [-0.39, 0.29) is 12.8 Å². The van der Waals surface area contributed by atoms with E-state index in [1.165, 1.54) is 231 Å². The SMILES string of the molecule is CCCCCCCCCCCCCCC/C=C/CCCC(O)C(O)C(COC1OC(CO)C(O)C(O)C1O)NC(=O)C(O)CCCCCCCCCCCCCCCCCCCCCCCCCCCCCC. The van der Waals surface area contributed by atoms with Crippen molar-refractivity contribution in [2.75, 3.05) is 13.2 Å². The zero-order chi connectivity index (χ0) is 53.3. The molecule has 9 atom stereocenters. The number of carbonyl (C=O) groups excluding carboxylic acids is 1. The van der Waals surface area contributed by atoms with Crippen LogP contribution in [0.4, 0.5) is 0 Å². The van der Waals surface area contributed by atoms with Crippen LogP contribution in [0.3, 0.4) is 0 Å². The summed E-state index contributed by atoms with van der Waals surface area (Å²) in [5, 5.41) is 76.2. The molecule has 9 unspecified atom stereocenters. The highest BCUT2D eigenvalue weighted by molar-refractivity contribution is 5.80. The zero-order valence-electron chi connectivity index (χ0n) is 47.6. The molecule has 1 aliphatic rings. The van der Waals surface area contributed by atoms with Crippen molar-refractivity contribution in [1.82, 2.24) is 5.32 Å². The van der Waals surface area contributed by atoms with Gasteiger partial charge in [0, 0.05) is 0 Å². The molecule has 0 aromatic heterocycles. The molecule has 1 heterocycles. The molecule has 1 fully saturated rings. The topological polar surface area (TPSA) is 189 Å². The van der Waals surface area contributed by atoms with Gasteiger partial charge in [-0.1, -0.05) is 283 Å². The molecule has 0 radical (unpaired) electrons. The lowest BCUT2D eigenvalue weighted by Gasteiger charge is -2.40. The molecule has 73 heavy (non-hydrogen) atoms. The molecular formula is C62H121NO10. The largest absolute Gasteiger partial charge is 0.394 e. The van der Waals surface area contributed by atoms with Crippen molar-refractivity contribution in [3.63, 3.8) is 0 Å². The summed E-state index contributed by atoms with van der Waals surface area (Å²) in [7, 11) is 0. The average Bonchev–Trinajstić information content (AvgIpc) is 3.39. The van der Waals surface area contributed by atoms with Crippen LogP contribution in [0.15, 0.2) is 12.2 Å². The Balaban J connectivity index is 2.24. The van der Waals surface area contributed by atoms with Crippen LogP contribution in [0, 0.1) is 0 Å². The second-order valence-electron chi connectivity index (χ2n) is 22.5. The first-order chi connectivity index (χ1) is 35.7. The van der Waals surface area contributed by atoms with Crippen LogP contribution in [0.2, 0.25) is 0 Å². The maximum atomic E-state index is 13.2. The Bertz CT molecular complexity index is 1190. The summed E-state index contributed by atoms with van der Waals surface area (Å²) in [5.74, 6) is -0.699. The predicted octanol–water partition coefficient (Wildman–Crippen LogP) is 13.9. The van der Waals surface area contributed by atoms with E-state index >= 15 is 0 Å². The molecule has 8 N–H and O–H groups in total. The van der Waals surface area contributed by atoms with E-state index < -0.39 is 74.2 Å². The minimum absolute atomic E-state index is 0.260. The molecule has 11 nitrogen and oxygen atoms in total. The summed E-state index contributed by atoms with van der Waals surface area (Å²) in [6, 6.07) is -1.18. The monoisotopic (exact) mass is 1040 g/mol. The van der Waals surface area contributed by atoms with Gasteiger partial charge in [0.25, 0.3) is 0 Å². The standard InChI is InChI=1S/C62H121NO10/c1-3-5-7-9-11-13-15-17-19-21-23-24-25-26-27-28-29-30-31-32-34-36-38-40-42-44-46-48-50-55(66)61(71)63-53(52-72-62-60(70)59(69)58(68)56(51-64)73-62)57(67)54(65)49-47-45-43-41-39-37-35-33-22-20-18-16-14-12-10-8-6-4-2/h41,43,53-60,62,64-70H,3-40,42,44-52H2,1-2H3,(H,63,71)/b43-41+. The lowest BCUT2D eigenvalue weighted by atomic mass is 9.98. The zero-order valence-corrected chi connectivity index (χ0v) is 47.6. The number of rotatable bonds is 55. The second kappa shape index (κ2) is 51.6. The van der Waals surface area contributed by atoms with E-state index in [9.17, 15) is 40.5 Å². The smallest absolute Gasteiger partial charge is 0.249 e. The van der Waals surface area contributed by atoms with Crippen molar-refractivity contribution >= 4 is 5.91 Å². The van der Waals surface area contributed by atoms with Gasteiger partial charge >= 0.3 is 0 Å². The normalized spacial score (nSPS) is 19.9. The van der Waals surface area contributed by atoms with Gasteiger partial charge in [0.1, 0.15) is 36.6 Å². The van der Waals surface area contributed by atoms with Gasteiger partial charge in [-0.05, 0) is 38.5 Å². The minimum atomic E-state index is -1.67. The number of amides is 1. The number of hydrogen-bond donors (Lipinski definition) is 8. The molecule has 11 heteroatoms. The molecular weight excluding hydrogens is 919 g/mol. The molecule has 0 saturated carbocycles. The summed E-state index contributed by atoms with van der Waals surface area (Å²) in [4.78, 5) is 13.2. The summed E-state index contributed by atoms with van der Waals surface area (Å²) in [5.41, 5.74) is 0. The maximum absolute atomic E-state index is 13.2. The lowest BCUT2D eigenvalue weighted by Crippen LogP contribution is -2.60. The van der Waals surface area contributed by atoms with Gasteiger partial charge in [0.2, 0.25) is 5.91 Å². The number of aliphatic hydroxyl groups is 7. The lowest BCUT2D eigenvalue weighted by molar-refractivity contribution is -0.303. The maximum Gasteiger partial charge on any atom is 0.249 e. The Morgan fingerprint density at radius 1 is 0.466 bits per heavy atom. The Hall–Kier alpha value is -1.15. The summed E-state index contributed by atoms with van der Waals surface area (Å²) in [6.45, 7) is 3.49. The Morgan fingerprint density at radius 2 is 0.808 bits per heavy atom. The van der Waals surface area contributed by atoms with Gasteiger partial charge in [-0.2, -0.15) is 0 Å². The number of hydrogen-bond acceptors (Lipinski definition) is 10. The van der Waals surface area contributed by atoms with Gasteiger partial charge in [-0.3, -0.25) is 4.79 Å². The van der Waals surface area contributed by atoms with E-state index in [0.717, 1.165) is 38.5 Å². The fourth-order valence-corrected chi connectivity index (χ4v) is 10.4. The molecule has 0 aliphatic carbocycles. The van der Waals surface area contributed by atoms with E-state index in [0.29, 0.717) is 12.8 Å². The third-order valence-corrected chi connectivity index (χ3v) is 15.6. The predicted molar refractivity (Wildman–Crippen MR) is 303 cm³/mol. The van der Waals surface area contributed by atoms with E-state index in [1.54, 1.807) is 0 Å². The van der Waals surface area contributed by atoms with Crippen molar-refractivity contribution in [1.29, 1.82) is 0 Å². The van der Waals surface area contributed by atoms with E-state index in [1.807, 2.05) is 0 Å².